The predicted octanol–water partition coefficient (Wildman–Crippen LogP) is 3.56. The van der Waals surface area contributed by atoms with E-state index >= 15 is 0 Å². The monoisotopic (exact) mass is 580 g/mol. The van der Waals surface area contributed by atoms with E-state index in [1.54, 1.807) is 26.8 Å². The highest BCUT2D eigenvalue weighted by Crippen LogP contribution is 2.66. The lowest BCUT2D eigenvalue weighted by molar-refractivity contribution is -0.273. The highest BCUT2D eigenvalue weighted by atomic mass is 16.6. The molecule has 1 aromatic rings. The molecule has 9 atom stereocenters. The first-order chi connectivity index (χ1) is 19.6. The average molecular weight is 581 g/mol. The summed E-state index contributed by atoms with van der Waals surface area (Å²) in [7, 11) is 0. The number of rotatable bonds is 5. The molecule has 2 saturated carbocycles. The van der Waals surface area contributed by atoms with Crippen LogP contribution in [0.5, 0.6) is 0 Å². The van der Waals surface area contributed by atoms with E-state index in [1.165, 1.54) is 19.9 Å². The van der Waals surface area contributed by atoms with E-state index in [0.29, 0.717) is 24.0 Å². The number of ether oxygens (including phenoxy) is 3. The van der Waals surface area contributed by atoms with E-state index in [-0.39, 0.29) is 12.2 Å². The van der Waals surface area contributed by atoms with Gasteiger partial charge in [-0.15, -0.1) is 0 Å². The summed E-state index contributed by atoms with van der Waals surface area (Å²) in [6.07, 6.45) is -0.705. The third-order valence-corrected chi connectivity index (χ3v) is 10.5. The van der Waals surface area contributed by atoms with Gasteiger partial charge in [0, 0.05) is 48.5 Å². The molecule has 2 fully saturated rings. The first kappa shape index (κ1) is 30.2. The van der Waals surface area contributed by atoms with E-state index in [0.717, 1.165) is 5.56 Å². The quantitative estimate of drug-likeness (QED) is 0.232. The van der Waals surface area contributed by atoms with Crippen LogP contribution in [-0.2, 0) is 33.4 Å². The molecular weight excluding hydrogens is 540 g/mol. The Morgan fingerprint density at radius 2 is 1.64 bits per heavy atom. The fourth-order valence-electron chi connectivity index (χ4n) is 8.54. The van der Waals surface area contributed by atoms with Crippen LogP contribution in [0.1, 0.15) is 66.4 Å². The first-order valence-electron chi connectivity index (χ1n) is 14.6. The average Bonchev–Trinajstić information content (AvgIpc) is 2.93. The van der Waals surface area contributed by atoms with Gasteiger partial charge in [0.25, 0.3) is 0 Å². The molecule has 0 aromatic heterocycles. The third-order valence-electron chi connectivity index (χ3n) is 10.5. The van der Waals surface area contributed by atoms with Crippen molar-refractivity contribution < 1.29 is 43.6 Å². The van der Waals surface area contributed by atoms with Gasteiger partial charge in [-0.3, -0.25) is 14.4 Å². The summed E-state index contributed by atoms with van der Waals surface area (Å²) < 4.78 is 17.8. The number of ketones is 1. The van der Waals surface area contributed by atoms with Gasteiger partial charge in [0.2, 0.25) is 0 Å². The van der Waals surface area contributed by atoms with E-state index in [4.69, 9.17) is 14.2 Å². The number of fused-ring (bicyclic) bond motifs is 1. The molecule has 9 unspecified atom stereocenters. The molecule has 0 amide bonds. The molecule has 0 saturated heterocycles. The summed E-state index contributed by atoms with van der Waals surface area (Å²) in [6, 6.07) is 9.32. The largest absolute Gasteiger partial charge is 0.459 e. The van der Waals surface area contributed by atoms with Crippen LogP contribution in [0.2, 0.25) is 0 Å². The highest BCUT2D eigenvalue weighted by molar-refractivity contribution is 5.88. The zero-order chi connectivity index (χ0) is 30.8. The third kappa shape index (κ3) is 4.43. The van der Waals surface area contributed by atoms with Gasteiger partial charge >= 0.3 is 17.9 Å². The number of carbonyl (C=O) groups excluding carboxylic acids is 4. The lowest BCUT2D eigenvalue weighted by Gasteiger charge is -2.66. The summed E-state index contributed by atoms with van der Waals surface area (Å²) >= 11 is 0. The van der Waals surface area contributed by atoms with Gasteiger partial charge in [-0.25, -0.2) is 4.79 Å². The van der Waals surface area contributed by atoms with Gasteiger partial charge in [-0.1, -0.05) is 58.0 Å². The zero-order valence-corrected chi connectivity index (χ0v) is 25.0. The number of aliphatic hydroxyl groups is 2. The Labute approximate surface area is 245 Å². The van der Waals surface area contributed by atoms with Crippen molar-refractivity contribution in [3.05, 3.63) is 53.1 Å². The van der Waals surface area contributed by atoms with Gasteiger partial charge < -0.3 is 24.4 Å². The second-order valence-electron chi connectivity index (χ2n) is 13.1. The second kappa shape index (κ2) is 10.5. The standard InChI is InChI=1S/C33H40O9/c1-17-27(37)22-16-21-23(42-24(36)13-12-20-10-8-7-9-11-20)14-15-32(6)26(21)28(40-18(2)34)25(22)31(4,5)33(17,39)29(38)30(32)41-19(3)35/h7-13,17,22-23,25,28-30,38-39H,14-16H2,1-6H3. The number of aliphatic hydroxyl groups excluding tert-OH is 1. The van der Waals surface area contributed by atoms with Crippen LogP contribution in [0, 0.1) is 28.6 Å². The molecule has 9 nitrogen and oxygen atoms in total. The fraction of sp³-hybridized carbons (Fsp3) is 0.576. The Morgan fingerprint density at radius 1 is 1.00 bits per heavy atom. The molecule has 0 spiro atoms. The van der Waals surface area contributed by atoms with Crippen LogP contribution in [-0.4, -0.2) is 63.9 Å². The van der Waals surface area contributed by atoms with Crippen molar-refractivity contribution in [1.29, 1.82) is 0 Å². The van der Waals surface area contributed by atoms with Crippen LogP contribution in [0.4, 0.5) is 0 Å². The predicted molar refractivity (Wildman–Crippen MR) is 151 cm³/mol. The lowest BCUT2D eigenvalue weighted by atomic mass is 9.41. The summed E-state index contributed by atoms with van der Waals surface area (Å²) in [5.74, 6) is -4.42. The van der Waals surface area contributed by atoms with Crippen LogP contribution in [0.15, 0.2) is 47.6 Å². The molecule has 3 bridgehead atoms. The van der Waals surface area contributed by atoms with Gasteiger partial charge in [-0.05, 0) is 42.0 Å². The maximum atomic E-state index is 14.0. The molecule has 0 heterocycles. The molecule has 42 heavy (non-hydrogen) atoms. The number of hydrogen-bond donors (Lipinski definition) is 2. The number of carbonyl (C=O) groups is 4. The van der Waals surface area contributed by atoms with Crippen molar-refractivity contribution in [1.82, 2.24) is 0 Å². The number of Topliss-reactive ketones (excluding diaryl/α,β-unsaturated/α-hetero) is 1. The van der Waals surface area contributed by atoms with Crippen molar-refractivity contribution in [3.8, 4) is 0 Å². The van der Waals surface area contributed by atoms with E-state index in [1.807, 2.05) is 37.3 Å². The van der Waals surface area contributed by atoms with Gasteiger partial charge in [0.05, 0.1) is 0 Å². The van der Waals surface area contributed by atoms with Gasteiger partial charge in [-0.2, -0.15) is 0 Å². The topological polar surface area (TPSA) is 136 Å². The molecule has 5 rings (SSSR count). The fourth-order valence-corrected chi connectivity index (χ4v) is 8.54. The maximum absolute atomic E-state index is 14.0. The van der Waals surface area contributed by atoms with Crippen molar-refractivity contribution >= 4 is 29.8 Å². The normalized spacial score (nSPS) is 38.5. The Kier molecular flexibility index (Phi) is 7.51. The van der Waals surface area contributed by atoms with Crippen molar-refractivity contribution in [3.63, 3.8) is 0 Å². The molecule has 226 valence electrons. The van der Waals surface area contributed by atoms with Crippen molar-refractivity contribution in [2.24, 2.45) is 28.6 Å². The van der Waals surface area contributed by atoms with Crippen LogP contribution in [0.25, 0.3) is 6.08 Å². The summed E-state index contributed by atoms with van der Waals surface area (Å²) in [5.41, 5.74) is -2.15. The molecule has 4 aliphatic carbocycles. The summed E-state index contributed by atoms with van der Waals surface area (Å²) in [6.45, 7) is 9.46. The summed E-state index contributed by atoms with van der Waals surface area (Å²) in [4.78, 5) is 52.1. The molecule has 0 radical (unpaired) electrons. The Hall–Kier alpha value is -3.30. The second-order valence-corrected chi connectivity index (χ2v) is 13.1. The smallest absolute Gasteiger partial charge is 0.331 e. The van der Waals surface area contributed by atoms with Crippen LogP contribution in [0.3, 0.4) is 0 Å². The van der Waals surface area contributed by atoms with E-state index in [2.05, 4.69) is 0 Å². The molecular formula is C33H40O9. The van der Waals surface area contributed by atoms with Crippen molar-refractivity contribution in [2.75, 3.05) is 0 Å². The minimum Gasteiger partial charge on any atom is -0.459 e. The van der Waals surface area contributed by atoms with Gasteiger partial charge in [0.15, 0.2) is 0 Å². The maximum Gasteiger partial charge on any atom is 0.331 e. The SMILES string of the molecule is CC(=O)OC1C2=C3CC4C(=O)C(C)C(O)(C(O)C(OC(C)=O)C2(C)CCC3OC(=O)C=Cc2ccccc2)C(C)(C)C41. The van der Waals surface area contributed by atoms with Crippen LogP contribution >= 0.6 is 0 Å². The van der Waals surface area contributed by atoms with E-state index in [9.17, 15) is 29.4 Å². The zero-order valence-electron chi connectivity index (χ0n) is 25.0. The number of hydrogen-bond acceptors (Lipinski definition) is 9. The molecule has 0 aliphatic heterocycles. The Balaban J connectivity index is 1.69. The Bertz CT molecular complexity index is 1360. The molecule has 9 heteroatoms. The number of esters is 3. The molecule has 4 aliphatic rings. The van der Waals surface area contributed by atoms with Crippen LogP contribution < -0.4 is 0 Å². The Morgan fingerprint density at radius 3 is 2.26 bits per heavy atom. The molecule has 1 aromatic carbocycles. The molecule has 2 N–H and O–H groups in total. The number of benzene rings is 1. The van der Waals surface area contributed by atoms with E-state index < -0.39 is 76.5 Å². The van der Waals surface area contributed by atoms with Crippen molar-refractivity contribution in [2.45, 2.75) is 90.8 Å². The van der Waals surface area contributed by atoms with Gasteiger partial charge in [0.1, 0.15) is 35.8 Å². The first-order valence-corrected chi connectivity index (χ1v) is 14.6. The highest BCUT2D eigenvalue weighted by Gasteiger charge is 2.73. The lowest BCUT2D eigenvalue weighted by Crippen LogP contribution is -2.76. The minimum atomic E-state index is -1.98. The minimum absolute atomic E-state index is 0.235. The summed E-state index contributed by atoms with van der Waals surface area (Å²) in [5, 5.41) is 24.3.